The highest BCUT2D eigenvalue weighted by Gasteiger charge is 2.54. The Kier molecular flexibility index (Phi) is 5.80. The lowest BCUT2D eigenvalue weighted by molar-refractivity contribution is -0.153. The number of nitrogens with one attached hydrogen (secondary N) is 2. The molecule has 0 spiro atoms. The summed E-state index contributed by atoms with van der Waals surface area (Å²) in [5.41, 5.74) is 0.0577. The summed E-state index contributed by atoms with van der Waals surface area (Å²) in [7, 11) is 0. The SMILES string of the molecule is C[C@@H](OC(=O)CCNC(=O)C12CC3CC(CC(C3)C1)C2)C(=O)Nc1cccc(F)c1. The Morgan fingerprint density at radius 1 is 1.13 bits per heavy atom. The number of esters is 1. The minimum Gasteiger partial charge on any atom is -0.452 e. The predicted octanol–water partition coefficient (Wildman–Crippen LogP) is 3.42. The molecule has 0 radical (unpaired) electrons. The molecule has 5 rings (SSSR count). The van der Waals surface area contributed by atoms with E-state index in [2.05, 4.69) is 10.6 Å². The zero-order valence-electron chi connectivity index (χ0n) is 17.3. The van der Waals surface area contributed by atoms with Gasteiger partial charge >= 0.3 is 5.97 Å². The monoisotopic (exact) mass is 416 g/mol. The first kappa shape index (κ1) is 20.8. The average Bonchev–Trinajstić information content (AvgIpc) is 2.66. The van der Waals surface area contributed by atoms with Gasteiger partial charge in [0.15, 0.2) is 6.10 Å². The molecule has 4 bridgehead atoms. The molecule has 162 valence electrons. The lowest BCUT2D eigenvalue weighted by atomic mass is 9.49. The lowest BCUT2D eigenvalue weighted by Crippen LogP contribution is -2.53. The molecule has 4 fully saturated rings. The summed E-state index contributed by atoms with van der Waals surface area (Å²) in [6.07, 6.45) is 5.75. The minimum atomic E-state index is -1.01. The lowest BCUT2D eigenvalue weighted by Gasteiger charge is -2.55. The molecule has 1 atom stereocenters. The van der Waals surface area contributed by atoms with Gasteiger partial charge in [0.05, 0.1) is 6.42 Å². The van der Waals surface area contributed by atoms with E-state index in [1.54, 1.807) is 6.07 Å². The van der Waals surface area contributed by atoms with Crippen LogP contribution in [-0.2, 0) is 19.1 Å². The summed E-state index contributed by atoms with van der Waals surface area (Å²) in [6, 6.07) is 5.49. The van der Waals surface area contributed by atoms with Crippen LogP contribution in [0.25, 0.3) is 0 Å². The molecule has 0 heterocycles. The predicted molar refractivity (Wildman–Crippen MR) is 109 cm³/mol. The summed E-state index contributed by atoms with van der Waals surface area (Å²) >= 11 is 0. The van der Waals surface area contributed by atoms with Crippen molar-refractivity contribution in [3.05, 3.63) is 30.1 Å². The third-order valence-electron chi connectivity index (χ3n) is 6.90. The Bertz CT molecular complexity index is 805. The number of benzene rings is 1. The molecule has 2 amide bonds. The molecule has 1 aromatic carbocycles. The second-order valence-corrected chi connectivity index (χ2v) is 9.34. The topological polar surface area (TPSA) is 84.5 Å². The van der Waals surface area contributed by atoms with Crippen LogP contribution in [0, 0.1) is 29.0 Å². The molecular weight excluding hydrogens is 387 g/mol. The summed E-state index contributed by atoms with van der Waals surface area (Å²) < 4.78 is 18.3. The van der Waals surface area contributed by atoms with Gasteiger partial charge in [-0.25, -0.2) is 4.39 Å². The van der Waals surface area contributed by atoms with Crippen molar-refractivity contribution in [1.29, 1.82) is 0 Å². The molecule has 4 aliphatic carbocycles. The number of hydrogen-bond acceptors (Lipinski definition) is 4. The van der Waals surface area contributed by atoms with E-state index in [0.717, 1.165) is 19.3 Å². The van der Waals surface area contributed by atoms with E-state index in [-0.39, 0.29) is 24.3 Å². The van der Waals surface area contributed by atoms with Crippen LogP contribution < -0.4 is 10.6 Å². The van der Waals surface area contributed by atoms with Crippen LogP contribution in [0.5, 0.6) is 0 Å². The highest BCUT2D eigenvalue weighted by Crippen LogP contribution is 2.60. The van der Waals surface area contributed by atoms with E-state index in [0.29, 0.717) is 23.4 Å². The quantitative estimate of drug-likeness (QED) is 0.667. The molecule has 1 aromatic rings. The number of carbonyl (C=O) groups excluding carboxylic acids is 3. The molecule has 6 nitrogen and oxygen atoms in total. The van der Waals surface area contributed by atoms with Gasteiger partial charge in [-0.2, -0.15) is 0 Å². The number of rotatable bonds is 7. The van der Waals surface area contributed by atoms with Gasteiger partial charge in [-0.1, -0.05) is 6.07 Å². The van der Waals surface area contributed by atoms with Gasteiger partial charge in [-0.15, -0.1) is 0 Å². The van der Waals surface area contributed by atoms with Crippen molar-refractivity contribution in [3.8, 4) is 0 Å². The fraction of sp³-hybridized carbons (Fsp3) is 0.609. The molecule has 0 aliphatic heterocycles. The zero-order valence-corrected chi connectivity index (χ0v) is 17.3. The molecule has 0 aromatic heterocycles. The number of anilines is 1. The number of halogens is 1. The fourth-order valence-electron chi connectivity index (χ4n) is 5.97. The maximum Gasteiger partial charge on any atom is 0.308 e. The number of amides is 2. The average molecular weight is 416 g/mol. The van der Waals surface area contributed by atoms with E-state index in [1.165, 1.54) is 44.4 Å². The highest BCUT2D eigenvalue weighted by atomic mass is 19.1. The van der Waals surface area contributed by atoms with Gasteiger partial charge in [-0.05, 0) is 81.4 Å². The Morgan fingerprint density at radius 3 is 2.37 bits per heavy atom. The Hall–Kier alpha value is -2.44. The van der Waals surface area contributed by atoms with Crippen molar-refractivity contribution in [2.45, 2.75) is 58.0 Å². The second-order valence-electron chi connectivity index (χ2n) is 9.34. The third kappa shape index (κ3) is 4.50. The van der Waals surface area contributed by atoms with Crippen LogP contribution in [0.15, 0.2) is 24.3 Å². The first-order valence-corrected chi connectivity index (χ1v) is 10.9. The van der Waals surface area contributed by atoms with Crippen LogP contribution in [0.4, 0.5) is 10.1 Å². The maximum absolute atomic E-state index is 13.2. The number of hydrogen-bond donors (Lipinski definition) is 2. The maximum atomic E-state index is 13.2. The van der Waals surface area contributed by atoms with Crippen LogP contribution in [-0.4, -0.2) is 30.4 Å². The molecule has 30 heavy (non-hydrogen) atoms. The number of ether oxygens (including phenoxy) is 1. The van der Waals surface area contributed by atoms with Crippen LogP contribution in [0.3, 0.4) is 0 Å². The van der Waals surface area contributed by atoms with E-state index < -0.39 is 23.8 Å². The van der Waals surface area contributed by atoms with Gasteiger partial charge < -0.3 is 15.4 Å². The summed E-state index contributed by atoms with van der Waals surface area (Å²) in [5, 5.41) is 5.45. The molecule has 4 aliphatic rings. The second kappa shape index (κ2) is 8.36. The Morgan fingerprint density at radius 2 is 1.77 bits per heavy atom. The van der Waals surface area contributed by atoms with Crippen molar-refractivity contribution in [3.63, 3.8) is 0 Å². The van der Waals surface area contributed by atoms with Crippen molar-refractivity contribution in [1.82, 2.24) is 5.32 Å². The molecule has 2 N–H and O–H groups in total. The Balaban J connectivity index is 1.20. The van der Waals surface area contributed by atoms with Gasteiger partial charge in [-0.3, -0.25) is 14.4 Å². The molecule has 0 saturated heterocycles. The van der Waals surface area contributed by atoms with E-state index >= 15 is 0 Å². The van der Waals surface area contributed by atoms with E-state index in [4.69, 9.17) is 4.74 Å². The van der Waals surface area contributed by atoms with Gasteiger partial charge in [0.1, 0.15) is 5.82 Å². The van der Waals surface area contributed by atoms with Gasteiger partial charge in [0, 0.05) is 17.6 Å². The molecule has 4 saturated carbocycles. The van der Waals surface area contributed by atoms with E-state index in [9.17, 15) is 18.8 Å². The van der Waals surface area contributed by atoms with Gasteiger partial charge in [0.25, 0.3) is 5.91 Å². The highest BCUT2D eigenvalue weighted by molar-refractivity contribution is 5.95. The largest absolute Gasteiger partial charge is 0.452 e. The van der Waals surface area contributed by atoms with Crippen LogP contribution >= 0.6 is 0 Å². The van der Waals surface area contributed by atoms with E-state index in [1.807, 2.05) is 0 Å². The summed E-state index contributed by atoms with van der Waals surface area (Å²) in [6.45, 7) is 1.66. The third-order valence-corrected chi connectivity index (χ3v) is 6.90. The molecule has 7 heteroatoms. The smallest absolute Gasteiger partial charge is 0.308 e. The van der Waals surface area contributed by atoms with Crippen LogP contribution in [0.2, 0.25) is 0 Å². The summed E-state index contributed by atoms with van der Waals surface area (Å²) in [4.78, 5) is 37.1. The van der Waals surface area contributed by atoms with Crippen molar-refractivity contribution in [2.75, 3.05) is 11.9 Å². The Labute approximate surface area is 175 Å². The standard InChI is InChI=1S/C23H29FN2O4/c1-14(21(28)26-19-4-2-3-18(24)10-19)30-20(27)5-6-25-22(29)23-11-15-7-16(12-23)9-17(8-15)13-23/h2-4,10,14-17H,5-9,11-13H2,1H3,(H,25,29)(H,26,28)/t14-,15?,16?,17?,23?/m1/s1. The van der Waals surface area contributed by atoms with Crippen molar-refractivity contribution in [2.24, 2.45) is 23.2 Å². The molecule has 0 unspecified atom stereocenters. The first-order valence-electron chi connectivity index (χ1n) is 10.9. The zero-order chi connectivity index (χ0) is 21.3. The first-order chi connectivity index (χ1) is 14.3. The van der Waals surface area contributed by atoms with Crippen molar-refractivity contribution < 1.29 is 23.5 Å². The fourth-order valence-corrected chi connectivity index (χ4v) is 5.97. The van der Waals surface area contributed by atoms with Gasteiger partial charge in [0.2, 0.25) is 5.91 Å². The normalized spacial score (nSPS) is 29.9. The van der Waals surface area contributed by atoms with Crippen LogP contribution in [0.1, 0.15) is 51.9 Å². The summed E-state index contributed by atoms with van der Waals surface area (Å²) in [5.74, 6) is 0.575. The van der Waals surface area contributed by atoms with Crippen molar-refractivity contribution >= 4 is 23.5 Å². The molecular formula is C23H29FN2O4. The number of carbonyl (C=O) groups is 3. The minimum absolute atomic E-state index is 0.00961.